The van der Waals surface area contributed by atoms with Crippen molar-refractivity contribution in [2.24, 2.45) is 10.9 Å². The fourth-order valence-corrected chi connectivity index (χ4v) is 2.90. The Labute approximate surface area is 117 Å². The summed E-state index contributed by atoms with van der Waals surface area (Å²) in [5.41, 5.74) is 0.837. The summed E-state index contributed by atoms with van der Waals surface area (Å²) in [4.78, 5) is 4.62. The van der Waals surface area contributed by atoms with Crippen molar-refractivity contribution in [3.8, 4) is 5.75 Å². The minimum Gasteiger partial charge on any atom is -0.497 e. The van der Waals surface area contributed by atoms with Crippen molar-refractivity contribution < 1.29 is 4.74 Å². The first-order valence-electron chi connectivity index (χ1n) is 5.91. The van der Waals surface area contributed by atoms with Gasteiger partial charge in [-0.3, -0.25) is 4.99 Å². The van der Waals surface area contributed by atoms with Gasteiger partial charge in [-0.15, -0.1) is 0 Å². The van der Waals surface area contributed by atoms with Gasteiger partial charge in [-0.2, -0.15) is 0 Å². The van der Waals surface area contributed by atoms with E-state index in [9.17, 15) is 0 Å². The van der Waals surface area contributed by atoms with E-state index in [1.54, 1.807) is 18.9 Å². The van der Waals surface area contributed by atoms with Crippen LogP contribution in [0, 0.1) is 5.92 Å². The second-order valence-electron chi connectivity index (χ2n) is 4.43. The Bertz CT molecular complexity index is 464. The van der Waals surface area contributed by atoms with Crippen molar-refractivity contribution >= 4 is 34.2 Å². The van der Waals surface area contributed by atoms with Crippen LogP contribution in [0.25, 0.3) is 0 Å². The lowest BCUT2D eigenvalue weighted by Crippen LogP contribution is -2.25. The van der Waals surface area contributed by atoms with Crippen LogP contribution >= 0.6 is 23.4 Å². The molecule has 5 heteroatoms. The molecule has 0 aliphatic carbocycles. The Morgan fingerprint density at radius 3 is 2.89 bits per heavy atom. The Balaban J connectivity index is 2.16. The van der Waals surface area contributed by atoms with E-state index in [-0.39, 0.29) is 0 Å². The van der Waals surface area contributed by atoms with Crippen LogP contribution in [0.4, 0.5) is 5.69 Å². The highest BCUT2D eigenvalue weighted by atomic mass is 35.5. The lowest BCUT2D eigenvalue weighted by Gasteiger charge is -2.24. The molecule has 0 amide bonds. The molecule has 1 aliphatic rings. The largest absolute Gasteiger partial charge is 0.497 e. The highest BCUT2D eigenvalue weighted by molar-refractivity contribution is 8.14. The number of halogens is 1. The van der Waals surface area contributed by atoms with Gasteiger partial charge < -0.3 is 10.1 Å². The van der Waals surface area contributed by atoms with Crippen molar-refractivity contribution in [1.82, 2.24) is 0 Å². The zero-order valence-corrected chi connectivity index (χ0v) is 12.3. The molecule has 0 radical (unpaired) electrons. The van der Waals surface area contributed by atoms with Crippen LogP contribution < -0.4 is 10.1 Å². The summed E-state index contributed by atoms with van der Waals surface area (Å²) in [5.74, 6) is 2.47. The average Bonchev–Trinajstić information content (AvgIpc) is 2.36. The lowest BCUT2D eigenvalue weighted by atomic mass is 10.1. The van der Waals surface area contributed by atoms with Gasteiger partial charge in [0.1, 0.15) is 5.75 Å². The fourth-order valence-electron chi connectivity index (χ4n) is 1.61. The monoisotopic (exact) mass is 284 g/mol. The van der Waals surface area contributed by atoms with Crippen LogP contribution in [0.1, 0.15) is 13.8 Å². The highest BCUT2D eigenvalue weighted by Gasteiger charge is 2.19. The van der Waals surface area contributed by atoms with E-state index >= 15 is 0 Å². The normalized spacial score (nSPS) is 23.4. The molecule has 1 aromatic carbocycles. The number of methoxy groups -OCH3 is 1. The number of hydrogen-bond donors (Lipinski definition) is 1. The molecule has 1 heterocycles. The summed E-state index contributed by atoms with van der Waals surface area (Å²) in [5, 5.41) is 4.87. The highest BCUT2D eigenvalue weighted by Crippen LogP contribution is 2.29. The van der Waals surface area contributed by atoms with Gasteiger partial charge in [0.15, 0.2) is 5.17 Å². The smallest absolute Gasteiger partial charge is 0.161 e. The van der Waals surface area contributed by atoms with E-state index in [1.807, 2.05) is 18.2 Å². The number of amidine groups is 1. The first-order valence-corrected chi connectivity index (χ1v) is 7.27. The van der Waals surface area contributed by atoms with Crippen LogP contribution in [-0.2, 0) is 0 Å². The third kappa shape index (κ3) is 3.12. The number of ether oxygens (including phenoxy) is 1. The van der Waals surface area contributed by atoms with E-state index in [0.717, 1.165) is 22.4 Å². The van der Waals surface area contributed by atoms with Gasteiger partial charge >= 0.3 is 0 Å². The summed E-state index contributed by atoms with van der Waals surface area (Å²) in [7, 11) is 1.64. The number of anilines is 1. The van der Waals surface area contributed by atoms with Crippen LogP contribution in [0.5, 0.6) is 5.75 Å². The molecule has 2 rings (SSSR count). The summed E-state index contributed by atoms with van der Waals surface area (Å²) in [6.45, 7) is 4.36. The minimum absolute atomic E-state index is 0.345. The number of hydrogen-bond acceptors (Lipinski definition) is 4. The third-order valence-corrected chi connectivity index (χ3v) is 4.55. The molecule has 1 aliphatic heterocycles. The molecular weight excluding hydrogens is 268 g/mol. The molecule has 0 fully saturated rings. The Morgan fingerprint density at radius 1 is 1.44 bits per heavy atom. The molecule has 98 valence electrons. The van der Waals surface area contributed by atoms with Crippen LogP contribution in [0.3, 0.4) is 0 Å². The number of aliphatic imine (C=N–C) groups is 1. The molecule has 0 saturated carbocycles. The summed E-state index contributed by atoms with van der Waals surface area (Å²) in [6, 6.07) is 5.89. The van der Waals surface area contributed by atoms with Gasteiger partial charge in [0, 0.05) is 11.8 Å². The van der Waals surface area contributed by atoms with Gasteiger partial charge in [0.2, 0.25) is 0 Å². The standard InChI is InChI=1S/C13H17ClN2OS/c1-8-7-18-13(15-9(8)2)16-12-6-10(17-3)4-5-11(12)14/h4-6,8-9H,7H2,1-3H3,(H,15,16). The minimum atomic E-state index is 0.345. The van der Waals surface area contributed by atoms with E-state index in [4.69, 9.17) is 16.3 Å². The van der Waals surface area contributed by atoms with Crippen molar-refractivity contribution in [3.63, 3.8) is 0 Å². The SMILES string of the molecule is COc1ccc(Cl)c(NC2=NC(C)C(C)CS2)c1. The van der Waals surface area contributed by atoms with Gasteiger partial charge in [0.05, 0.1) is 23.9 Å². The van der Waals surface area contributed by atoms with Crippen LogP contribution in [0.2, 0.25) is 5.02 Å². The van der Waals surface area contributed by atoms with Gasteiger partial charge in [-0.1, -0.05) is 30.3 Å². The predicted molar refractivity (Wildman–Crippen MR) is 80.1 cm³/mol. The quantitative estimate of drug-likeness (QED) is 0.894. The molecule has 1 aromatic rings. The first-order chi connectivity index (χ1) is 8.60. The van der Waals surface area contributed by atoms with Crippen molar-refractivity contribution in [2.75, 3.05) is 18.2 Å². The van der Waals surface area contributed by atoms with E-state index in [0.29, 0.717) is 17.0 Å². The summed E-state index contributed by atoms with van der Waals surface area (Å²) in [6.07, 6.45) is 0. The molecular formula is C13H17ClN2OS. The predicted octanol–water partition coefficient (Wildman–Crippen LogP) is 3.89. The van der Waals surface area contributed by atoms with Gasteiger partial charge in [0.25, 0.3) is 0 Å². The zero-order valence-electron chi connectivity index (χ0n) is 10.7. The Hall–Kier alpha value is -0.870. The third-order valence-electron chi connectivity index (χ3n) is 3.04. The number of nitrogens with one attached hydrogen (secondary N) is 1. The molecule has 0 bridgehead atoms. The maximum Gasteiger partial charge on any atom is 0.161 e. The fraction of sp³-hybridized carbons (Fsp3) is 0.462. The molecule has 3 nitrogen and oxygen atoms in total. The molecule has 2 unspecified atom stereocenters. The second kappa shape index (κ2) is 5.85. The topological polar surface area (TPSA) is 33.6 Å². The first kappa shape index (κ1) is 13.6. The van der Waals surface area contributed by atoms with Gasteiger partial charge in [-0.05, 0) is 25.0 Å². The summed E-state index contributed by atoms with van der Waals surface area (Å²) >= 11 is 7.89. The van der Waals surface area contributed by atoms with E-state index in [1.165, 1.54) is 0 Å². The van der Waals surface area contributed by atoms with Crippen molar-refractivity contribution in [1.29, 1.82) is 0 Å². The Kier molecular flexibility index (Phi) is 4.40. The Morgan fingerprint density at radius 2 is 2.22 bits per heavy atom. The zero-order chi connectivity index (χ0) is 13.1. The van der Waals surface area contributed by atoms with Crippen LogP contribution in [0.15, 0.2) is 23.2 Å². The van der Waals surface area contributed by atoms with Crippen molar-refractivity contribution in [3.05, 3.63) is 23.2 Å². The molecule has 18 heavy (non-hydrogen) atoms. The lowest BCUT2D eigenvalue weighted by molar-refractivity contribution is 0.415. The van der Waals surface area contributed by atoms with Gasteiger partial charge in [-0.25, -0.2) is 0 Å². The molecule has 2 atom stereocenters. The maximum atomic E-state index is 6.16. The number of benzene rings is 1. The van der Waals surface area contributed by atoms with E-state index in [2.05, 4.69) is 24.2 Å². The van der Waals surface area contributed by atoms with E-state index < -0.39 is 0 Å². The van der Waals surface area contributed by atoms with Crippen LogP contribution in [-0.4, -0.2) is 24.1 Å². The molecule has 0 spiro atoms. The molecule has 0 aromatic heterocycles. The summed E-state index contributed by atoms with van der Waals surface area (Å²) < 4.78 is 5.19. The number of rotatable bonds is 2. The number of nitrogens with zero attached hydrogens (tertiary/aromatic N) is 1. The average molecular weight is 285 g/mol. The van der Waals surface area contributed by atoms with Crippen molar-refractivity contribution in [2.45, 2.75) is 19.9 Å². The molecule has 0 saturated heterocycles. The number of thioether (sulfide) groups is 1. The molecule has 1 N–H and O–H groups in total. The maximum absolute atomic E-state index is 6.16. The second-order valence-corrected chi connectivity index (χ2v) is 5.85.